The lowest BCUT2D eigenvalue weighted by molar-refractivity contribution is -0.137. The van der Waals surface area contributed by atoms with Gasteiger partial charge in [0, 0.05) is 19.1 Å². The molecule has 21 heavy (non-hydrogen) atoms. The molecule has 1 heterocycles. The molecule has 3 nitrogen and oxygen atoms in total. The Morgan fingerprint density at radius 3 is 2.57 bits per heavy atom. The van der Waals surface area contributed by atoms with Crippen molar-refractivity contribution in [2.45, 2.75) is 25.1 Å². The zero-order chi connectivity index (χ0) is 14.9. The number of hydrogen-bond donors (Lipinski definition) is 1. The molecule has 0 radical (unpaired) electrons. The van der Waals surface area contributed by atoms with E-state index in [1.54, 1.807) is 0 Å². The Balaban J connectivity index is 0.00000220. The molecule has 1 aliphatic rings. The van der Waals surface area contributed by atoms with E-state index in [4.69, 9.17) is 5.73 Å². The molecule has 1 aromatic rings. The minimum absolute atomic E-state index is 0. The van der Waals surface area contributed by atoms with Gasteiger partial charge in [-0.1, -0.05) is 0 Å². The average Bonchev–Trinajstić information content (AvgIpc) is 2.37. The van der Waals surface area contributed by atoms with Crippen molar-refractivity contribution in [1.82, 2.24) is 4.90 Å². The number of amides is 1. The van der Waals surface area contributed by atoms with E-state index < -0.39 is 29.0 Å². The van der Waals surface area contributed by atoms with Crippen LogP contribution in [0.3, 0.4) is 0 Å². The SMILES string of the molecule is Cl.N[C@@H]1CCCN(C(=O)c2cc(C(F)(F)F)ccc2F)C1. The van der Waals surface area contributed by atoms with Crippen LogP contribution in [-0.2, 0) is 6.18 Å². The molecule has 1 saturated heterocycles. The lowest BCUT2D eigenvalue weighted by Crippen LogP contribution is -2.46. The number of nitrogens with two attached hydrogens (primary N) is 1. The minimum atomic E-state index is -4.61. The minimum Gasteiger partial charge on any atom is -0.337 e. The average molecular weight is 327 g/mol. The quantitative estimate of drug-likeness (QED) is 0.807. The normalized spacial score (nSPS) is 19.1. The molecule has 1 fully saturated rings. The number of carbonyl (C=O) groups is 1. The van der Waals surface area contributed by atoms with E-state index in [2.05, 4.69) is 0 Å². The molecule has 2 rings (SSSR count). The Kier molecular flexibility index (Phi) is 5.58. The number of hydrogen-bond acceptors (Lipinski definition) is 2. The van der Waals surface area contributed by atoms with E-state index in [0.29, 0.717) is 31.2 Å². The molecule has 8 heteroatoms. The summed E-state index contributed by atoms with van der Waals surface area (Å²) in [6.07, 6.45) is -3.20. The molecule has 2 N–H and O–H groups in total. The first-order valence-corrected chi connectivity index (χ1v) is 6.20. The van der Waals surface area contributed by atoms with Crippen LogP contribution in [0.2, 0.25) is 0 Å². The Morgan fingerprint density at radius 1 is 1.33 bits per heavy atom. The molecular weight excluding hydrogens is 312 g/mol. The van der Waals surface area contributed by atoms with Crippen LogP contribution in [0.4, 0.5) is 17.6 Å². The first kappa shape index (κ1) is 17.7. The van der Waals surface area contributed by atoms with Crippen molar-refractivity contribution < 1.29 is 22.4 Å². The predicted octanol–water partition coefficient (Wildman–Crippen LogP) is 2.83. The van der Waals surface area contributed by atoms with Gasteiger partial charge >= 0.3 is 6.18 Å². The summed E-state index contributed by atoms with van der Waals surface area (Å²) >= 11 is 0. The van der Waals surface area contributed by atoms with Crippen LogP contribution >= 0.6 is 12.4 Å². The molecule has 1 aliphatic heterocycles. The van der Waals surface area contributed by atoms with E-state index in [0.717, 1.165) is 6.42 Å². The summed E-state index contributed by atoms with van der Waals surface area (Å²) in [5.74, 6) is -1.70. The van der Waals surface area contributed by atoms with E-state index >= 15 is 0 Å². The number of benzene rings is 1. The monoisotopic (exact) mass is 326 g/mol. The van der Waals surface area contributed by atoms with Crippen LogP contribution < -0.4 is 5.73 Å². The van der Waals surface area contributed by atoms with Crippen molar-refractivity contribution in [3.63, 3.8) is 0 Å². The number of likely N-dealkylation sites (tertiary alicyclic amines) is 1. The summed E-state index contributed by atoms with van der Waals surface area (Å²) in [6.45, 7) is 0.608. The molecule has 1 amide bonds. The zero-order valence-corrected chi connectivity index (χ0v) is 11.8. The van der Waals surface area contributed by atoms with Gasteiger partial charge in [-0.05, 0) is 31.0 Å². The van der Waals surface area contributed by atoms with Gasteiger partial charge in [-0.15, -0.1) is 12.4 Å². The Hall–Kier alpha value is -1.34. The fourth-order valence-electron chi connectivity index (χ4n) is 2.23. The third kappa shape index (κ3) is 4.07. The van der Waals surface area contributed by atoms with Gasteiger partial charge in [-0.3, -0.25) is 4.79 Å². The standard InChI is InChI=1S/C13H14F4N2O.ClH/c14-11-4-3-8(13(15,16)17)6-10(11)12(20)19-5-1-2-9(18)7-19;/h3-4,6,9H,1-2,5,7,18H2;1H/t9-;/m1./s1. The number of piperidine rings is 1. The molecular formula is C13H15ClF4N2O. The van der Waals surface area contributed by atoms with Crippen LogP contribution in [0.25, 0.3) is 0 Å². The molecule has 118 valence electrons. The van der Waals surface area contributed by atoms with Gasteiger partial charge in [0.05, 0.1) is 11.1 Å². The highest BCUT2D eigenvalue weighted by molar-refractivity contribution is 5.94. The van der Waals surface area contributed by atoms with Crippen LogP contribution in [0, 0.1) is 5.82 Å². The van der Waals surface area contributed by atoms with Gasteiger partial charge in [0.15, 0.2) is 0 Å². The van der Waals surface area contributed by atoms with Crippen LogP contribution in [0.5, 0.6) is 0 Å². The third-order valence-corrected chi connectivity index (χ3v) is 3.27. The Bertz CT molecular complexity index is 521. The molecule has 0 aliphatic carbocycles. The van der Waals surface area contributed by atoms with Gasteiger partial charge < -0.3 is 10.6 Å². The van der Waals surface area contributed by atoms with Gasteiger partial charge in [-0.2, -0.15) is 13.2 Å². The van der Waals surface area contributed by atoms with Crippen molar-refractivity contribution in [3.05, 3.63) is 35.1 Å². The van der Waals surface area contributed by atoms with Gasteiger partial charge in [0.2, 0.25) is 0 Å². The Morgan fingerprint density at radius 2 is 2.00 bits per heavy atom. The van der Waals surface area contributed by atoms with Crippen LogP contribution in [0.1, 0.15) is 28.8 Å². The Labute approximate surface area is 125 Å². The van der Waals surface area contributed by atoms with Crippen LogP contribution in [0.15, 0.2) is 18.2 Å². The second-order valence-corrected chi connectivity index (χ2v) is 4.85. The fraction of sp³-hybridized carbons (Fsp3) is 0.462. The fourth-order valence-corrected chi connectivity index (χ4v) is 2.23. The molecule has 1 atom stereocenters. The summed E-state index contributed by atoms with van der Waals surface area (Å²) < 4.78 is 51.4. The van der Waals surface area contributed by atoms with E-state index in [1.807, 2.05) is 0 Å². The maximum absolute atomic E-state index is 13.6. The van der Waals surface area contributed by atoms with Crippen molar-refractivity contribution in [2.75, 3.05) is 13.1 Å². The maximum atomic E-state index is 13.6. The highest BCUT2D eigenvalue weighted by Crippen LogP contribution is 2.30. The van der Waals surface area contributed by atoms with Crippen LogP contribution in [-0.4, -0.2) is 29.9 Å². The first-order valence-electron chi connectivity index (χ1n) is 6.20. The first-order chi connectivity index (χ1) is 9.29. The van der Waals surface area contributed by atoms with Crippen molar-refractivity contribution in [1.29, 1.82) is 0 Å². The number of halogens is 5. The molecule has 0 aromatic heterocycles. The number of carbonyl (C=O) groups excluding carboxylic acids is 1. The smallest absolute Gasteiger partial charge is 0.337 e. The molecule has 0 unspecified atom stereocenters. The van der Waals surface area contributed by atoms with Gasteiger partial charge in [0.1, 0.15) is 5.82 Å². The maximum Gasteiger partial charge on any atom is 0.416 e. The topological polar surface area (TPSA) is 46.3 Å². The summed E-state index contributed by atoms with van der Waals surface area (Å²) in [4.78, 5) is 13.4. The zero-order valence-electron chi connectivity index (χ0n) is 11.0. The summed E-state index contributed by atoms with van der Waals surface area (Å²) in [5.41, 5.74) is 4.11. The number of alkyl halides is 3. The van der Waals surface area contributed by atoms with E-state index in [9.17, 15) is 22.4 Å². The highest BCUT2D eigenvalue weighted by atomic mass is 35.5. The highest BCUT2D eigenvalue weighted by Gasteiger charge is 2.33. The number of nitrogens with zero attached hydrogens (tertiary/aromatic N) is 1. The molecule has 0 saturated carbocycles. The number of rotatable bonds is 1. The largest absolute Gasteiger partial charge is 0.416 e. The van der Waals surface area contributed by atoms with Crippen molar-refractivity contribution in [3.8, 4) is 0 Å². The molecule has 0 bridgehead atoms. The predicted molar refractivity (Wildman–Crippen MR) is 71.8 cm³/mol. The third-order valence-electron chi connectivity index (χ3n) is 3.27. The molecule has 1 aromatic carbocycles. The van der Waals surface area contributed by atoms with Crippen molar-refractivity contribution >= 4 is 18.3 Å². The van der Waals surface area contributed by atoms with Crippen molar-refractivity contribution in [2.24, 2.45) is 5.73 Å². The summed E-state index contributed by atoms with van der Waals surface area (Å²) in [7, 11) is 0. The summed E-state index contributed by atoms with van der Waals surface area (Å²) in [5, 5.41) is 0. The lowest BCUT2D eigenvalue weighted by atomic mass is 10.0. The molecule has 0 spiro atoms. The second-order valence-electron chi connectivity index (χ2n) is 4.85. The van der Waals surface area contributed by atoms with Gasteiger partial charge in [0.25, 0.3) is 5.91 Å². The van der Waals surface area contributed by atoms with E-state index in [1.165, 1.54) is 4.90 Å². The lowest BCUT2D eigenvalue weighted by Gasteiger charge is -2.31. The second kappa shape index (κ2) is 6.62. The van der Waals surface area contributed by atoms with Gasteiger partial charge in [-0.25, -0.2) is 4.39 Å². The summed E-state index contributed by atoms with van der Waals surface area (Å²) in [6, 6.07) is 1.62. The van der Waals surface area contributed by atoms with E-state index in [-0.39, 0.29) is 25.0 Å².